The Morgan fingerprint density at radius 1 is 1.53 bits per heavy atom. The summed E-state index contributed by atoms with van der Waals surface area (Å²) in [6.45, 7) is 7.15. The summed E-state index contributed by atoms with van der Waals surface area (Å²) in [6.07, 6.45) is 0.463. The monoisotopic (exact) mass is 215 g/mol. The number of rotatable bonds is 1. The number of amides is 1. The number of carbonyl (C=O) groups excluding carboxylic acids is 1. The van der Waals surface area contributed by atoms with Crippen molar-refractivity contribution in [3.05, 3.63) is 0 Å². The van der Waals surface area contributed by atoms with Gasteiger partial charge in [0.05, 0.1) is 0 Å². The number of alkyl carbamates (subject to hydrolysis) is 1. The highest BCUT2D eigenvalue weighted by molar-refractivity contribution is 5.68. The summed E-state index contributed by atoms with van der Waals surface area (Å²) in [5.74, 6) is 0. The molecule has 1 fully saturated rings. The average molecular weight is 215 g/mol. The van der Waals surface area contributed by atoms with Crippen LogP contribution in [-0.4, -0.2) is 36.9 Å². The lowest BCUT2D eigenvalue weighted by atomic mass is 10.0. The summed E-state index contributed by atoms with van der Waals surface area (Å²) in [4.78, 5) is 11.5. The van der Waals surface area contributed by atoms with Crippen LogP contribution in [0.4, 0.5) is 4.79 Å². The first-order valence-corrected chi connectivity index (χ1v) is 5.34. The third-order valence-corrected chi connectivity index (χ3v) is 2.23. The number of hydrogen-bond acceptors (Lipinski definition) is 4. The summed E-state index contributed by atoms with van der Waals surface area (Å²) in [6, 6.07) is -0.0210. The van der Waals surface area contributed by atoms with Crippen LogP contribution in [0.1, 0.15) is 27.2 Å². The second-order valence-electron chi connectivity index (χ2n) is 4.91. The van der Waals surface area contributed by atoms with Crippen LogP contribution in [-0.2, 0) is 4.74 Å². The molecular weight excluding hydrogens is 194 g/mol. The van der Waals surface area contributed by atoms with Gasteiger partial charge < -0.3 is 21.1 Å². The Bertz CT molecular complexity index is 225. The third-order valence-electron chi connectivity index (χ3n) is 2.23. The molecule has 0 saturated carbocycles. The van der Waals surface area contributed by atoms with Crippen molar-refractivity contribution in [1.29, 1.82) is 0 Å². The Morgan fingerprint density at radius 2 is 2.20 bits per heavy atom. The molecule has 1 rings (SSSR count). The largest absolute Gasteiger partial charge is 0.444 e. The van der Waals surface area contributed by atoms with Crippen molar-refractivity contribution in [3.8, 4) is 0 Å². The molecule has 1 heterocycles. The maximum absolute atomic E-state index is 11.5. The van der Waals surface area contributed by atoms with Gasteiger partial charge in [-0.25, -0.2) is 4.79 Å². The van der Waals surface area contributed by atoms with Crippen molar-refractivity contribution in [2.45, 2.75) is 44.9 Å². The molecule has 0 bridgehead atoms. The standard InChI is InChI=1S/C10H21N3O2/c1-10(2,3)15-9(14)13-8-4-5-12-6-7(8)11/h7-8,12H,4-6,11H2,1-3H3,(H,13,14)/t7-,8+/m0/s1. The molecule has 0 unspecified atom stereocenters. The van der Waals surface area contributed by atoms with Gasteiger partial charge in [-0.2, -0.15) is 0 Å². The number of nitrogens with two attached hydrogens (primary N) is 1. The van der Waals surface area contributed by atoms with E-state index in [4.69, 9.17) is 10.5 Å². The summed E-state index contributed by atoms with van der Waals surface area (Å²) in [5.41, 5.74) is 5.40. The van der Waals surface area contributed by atoms with E-state index in [1.54, 1.807) is 0 Å². The van der Waals surface area contributed by atoms with E-state index in [9.17, 15) is 4.79 Å². The molecule has 1 aliphatic heterocycles. The Balaban J connectivity index is 2.36. The average Bonchev–Trinajstić information content (AvgIpc) is 2.05. The minimum absolute atomic E-state index is 0.0149. The van der Waals surface area contributed by atoms with Crippen LogP contribution in [0.15, 0.2) is 0 Å². The molecule has 0 aromatic heterocycles. The number of carbonyl (C=O) groups is 1. The molecule has 0 spiro atoms. The first kappa shape index (κ1) is 12.3. The SMILES string of the molecule is CC(C)(C)OC(=O)N[C@@H]1CCNC[C@@H]1N. The van der Waals surface area contributed by atoms with Crippen LogP contribution in [0.5, 0.6) is 0 Å². The van der Waals surface area contributed by atoms with Gasteiger partial charge in [0.2, 0.25) is 0 Å². The van der Waals surface area contributed by atoms with Gasteiger partial charge in [0.15, 0.2) is 0 Å². The van der Waals surface area contributed by atoms with E-state index in [2.05, 4.69) is 10.6 Å². The fraction of sp³-hybridized carbons (Fsp3) is 0.900. The maximum Gasteiger partial charge on any atom is 0.407 e. The van der Waals surface area contributed by atoms with Gasteiger partial charge in [-0.15, -0.1) is 0 Å². The summed E-state index contributed by atoms with van der Waals surface area (Å²) in [7, 11) is 0. The number of ether oxygens (including phenoxy) is 1. The van der Waals surface area contributed by atoms with E-state index in [-0.39, 0.29) is 18.2 Å². The second-order valence-corrected chi connectivity index (χ2v) is 4.91. The zero-order valence-corrected chi connectivity index (χ0v) is 9.67. The molecule has 1 aliphatic rings. The predicted molar refractivity (Wildman–Crippen MR) is 58.6 cm³/mol. The van der Waals surface area contributed by atoms with Crippen molar-refractivity contribution in [2.24, 2.45) is 5.73 Å². The van der Waals surface area contributed by atoms with Crippen molar-refractivity contribution in [1.82, 2.24) is 10.6 Å². The first-order chi connectivity index (χ1) is 6.88. The molecule has 0 aliphatic carbocycles. The van der Waals surface area contributed by atoms with Crippen LogP contribution < -0.4 is 16.4 Å². The maximum atomic E-state index is 11.5. The van der Waals surface area contributed by atoms with Gasteiger partial charge in [-0.05, 0) is 33.7 Å². The number of piperidine rings is 1. The zero-order chi connectivity index (χ0) is 11.5. The predicted octanol–water partition coefficient (Wildman–Crippen LogP) is 0.200. The minimum Gasteiger partial charge on any atom is -0.444 e. The smallest absolute Gasteiger partial charge is 0.407 e. The van der Waals surface area contributed by atoms with E-state index < -0.39 is 5.60 Å². The highest BCUT2D eigenvalue weighted by atomic mass is 16.6. The fourth-order valence-corrected chi connectivity index (χ4v) is 1.52. The lowest BCUT2D eigenvalue weighted by Crippen LogP contribution is -2.57. The van der Waals surface area contributed by atoms with Gasteiger partial charge in [-0.3, -0.25) is 0 Å². The lowest BCUT2D eigenvalue weighted by molar-refractivity contribution is 0.0488. The van der Waals surface area contributed by atoms with Gasteiger partial charge in [0, 0.05) is 18.6 Å². The number of nitrogens with one attached hydrogen (secondary N) is 2. The van der Waals surface area contributed by atoms with Crippen LogP contribution in [0, 0.1) is 0 Å². The molecule has 0 aromatic rings. The first-order valence-electron chi connectivity index (χ1n) is 5.34. The Hall–Kier alpha value is -0.810. The van der Waals surface area contributed by atoms with E-state index in [0.29, 0.717) is 0 Å². The molecule has 0 radical (unpaired) electrons. The molecule has 4 N–H and O–H groups in total. The fourth-order valence-electron chi connectivity index (χ4n) is 1.52. The Kier molecular flexibility index (Phi) is 3.93. The summed E-state index contributed by atoms with van der Waals surface area (Å²) in [5, 5.41) is 5.97. The highest BCUT2D eigenvalue weighted by Gasteiger charge is 2.25. The van der Waals surface area contributed by atoms with Crippen molar-refractivity contribution < 1.29 is 9.53 Å². The van der Waals surface area contributed by atoms with Crippen molar-refractivity contribution in [2.75, 3.05) is 13.1 Å². The molecule has 2 atom stereocenters. The zero-order valence-electron chi connectivity index (χ0n) is 9.67. The van der Waals surface area contributed by atoms with Gasteiger partial charge in [0.25, 0.3) is 0 Å². The van der Waals surface area contributed by atoms with Gasteiger partial charge >= 0.3 is 6.09 Å². The highest BCUT2D eigenvalue weighted by Crippen LogP contribution is 2.08. The number of hydrogen-bond donors (Lipinski definition) is 3. The van der Waals surface area contributed by atoms with E-state index in [1.807, 2.05) is 20.8 Å². The topological polar surface area (TPSA) is 76.4 Å². The van der Waals surface area contributed by atoms with Crippen LogP contribution in [0.25, 0.3) is 0 Å². The van der Waals surface area contributed by atoms with Crippen LogP contribution >= 0.6 is 0 Å². The minimum atomic E-state index is -0.457. The molecule has 5 nitrogen and oxygen atoms in total. The molecule has 5 heteroatoms. The lowest BCUT2D eigenvalue weighted by Gasteiger charge is -2.30. The van der Waals surface area contributed by atoms with E-state index in [0.717, 1.165) is 19.5 Å². The molecule has 1 amide bonds. The normalized spacial score (nSPS) is 27.2. The summed E-state index contributed by atoms with van der Waals surface area (Å²) >= 11 is 0. The van der Waals surface area contributed by atoms with E-state index >= 15 is 0 Å². The molecular formula is C10H21N3O2. The summed E-state index contributed by atoms with van der Waals surface area (Å²) < 4.78 is 5.16. The van der Waals surface area contributed by atoms with Crippen molar-refractivity contribution in [3.63, 3.8) is 0 Å². The Labute approximate surface area is 90.7 Å². The molecule has 0 aromatic carbocycles. The van der Waals surface area contributed by atoms with Crippen molar-refractivity contribution >= 4 is 6.09 Å². The third kappa shape index (κ3) is 4.48. The quantitative estimate of drug-likeness (QED) is 0.584. The second kappa shape index (κ2) is 4.81. The van der Waals surface area contributed by atoms with E-state index in [1.165, 1.54) is 0 Å². The molecule has 15 heavy (non-hydrogen) atoms. The van der Waals surface area contributed by atoms with Crippen LogP contribution in [0.3, 0.4) is 0 Å². The van der Waals surface area contributed by atoms with Gasteiger partial charge in [0.1, 0.15) is 5.60 Å². The van der Waals surface area contributed by atoms with Gasteiger partial charge in [-0.1, -0.05) is 0 Å². The molecule has 88 valence electrons. The van der Waals surface area contributed by atoms with Crippen LogP contribution in [0.2, 0.25) is 0 Å². The molecule has 1 saturated heterocycles. The Morgan fingerprint density at radius 3 is 2.73 bits per heavy atom.